The molecule has 0 amide bonds. The molecular formula is C13H20N4O4. The molecule has 1 fully saturated rings. The van der Waals surface area contributed by atoms with Gasteiger partial charge in [-0.1, -0.05) is 0 Å². The fraction of sp³-hybridized carbons (Fsp3) is 0.615. The van der Waals surface area contributed by atoms with E-state index in [-0.39, 0.29) is 18.1 Å². The first-order valence-corrected chi connectivity index (χ1v) is 6.80. The van der Waals surface area contributed by atoms with Gasteiger partial charge in [-0.05, 0) is 6.07 Å². The number of likely N-dealkylation sites (N-methyl/N-ethyl adjacent to an activating group) is 1. The fourth-order valence-corrected chi connectivity index (χ4v) is 2.43. The summed E-state index contributed by atoms with van der Waals surface area (Å²) < 4.78 is 5.24. The maximum absolute atomic E-state index is 11.1. The Balaban J connectivity index is 2.24. The molecule has 0 unspecified atom stereocenters. The van der Waals surface area contributed by atoms with Gasteiger partial charge in [0.1, 0.15) is 5.82 Å². The van der Waals surface area contributed by atoms with Crippen LogP contribution >= 0.6 is 0 Å². The number of nitrogens with one attached hydrogen (secondary N) is 1. The van der Waals surface area contributed by atoms with Crippen LogP contribution in [0.2, 0.25) is 0 Å². The maximum atomic E-state index is 11.1. The van der Waals surface area contributed by atoms with Gasteiger partial charge in [0, 0.05) is 52.8 Å². The zero-order valence-electron chi connectivity index (χ0n) is 12.2. The lowest BCUT2D eigenvalue weighted by molar-refractivity contribution is -0.384. The molecule has 1 aliphatic rings. The van der Waals surface area contributed by atoms with Crippen LogP contribution < -0.4 is 10.2 Å². The van der Waals surface area contributed by atoms with Crippen molar-refractivity contribution in [1.29, 1.82) is 0 Å². The Labute approximate surface area is 122 Å². The lowest BCUT2D eigenvalue weighted by Crippen LogP contribution is -2.46. The zero-order valence-corrected chi connectivity index (χ0v) is 12.2. The maximum Gasteiger partial charge on any atom is 0.311 e. The van der Waals surface area contributed by atoms with E-state index >= 15 is 0 Å². The van der Waals surface area contributed by atoms with E-state index in [2.05, 4.69) is 10.3 Å². The van der Waals surface area contributed by atoms with Crippen LogP contribution in [0, 0.1) is 10.1 Å². The molecule has 2 rings (SSSR count). The summed E-state index contributed by atoms with van der Waals surface area (Å²) in [4.78, 5) is 16.5. The van der Waals surface area contributed by atoms with Crippen LogP contribution in [0.1, 0.15) is 12.8 Å². The molecule has 1 saturated heterocycles. The molecule has 0 aromatic carbocycles. The second kappa shape index (κ2) is 6.23. The Kier molecular flexibility index (Phi) is 4.59. The highest BCUT2D eigenvalue weighted by atomic mass is 16.6. The molecule has 0 bridgehead atoms. The van der Waals surface area contributed by atoms with E-state index in [0.717, 1.165) is 0 Å². The molecule has 116 valence electrons. The smallest absolute Gasteiger partial charge is 0.311 e. The standard InChI is InChI=1S/C13H20N4O4/c1-14-11-4-3-10(17(19)20)12(15-11)16(2)9-13(18)5-7-21-8-6-13/h3-4,18H,5-9H2,1-2H3,(H,14,15). The summed E-state index contributed by atoms with van der Waals surface area (Å²) >= 11 is 0. The molecule has 0 aliphatic carbocycles. The normalized spacial score (nSPS) is 17.3. The Morgan fingerprint density at radius 3 is 2.76 bits per heavy atom. The van der Waals surface area contributed by atoms with Crippen molar-refractivity contribution in [3.8, 4) is 0 Å². The number of pyridine rings is 1. The van der Waals surface area contributed by atoms with E-state index in [1.54, 1.807) is 25.1 Å². The van der Waals surface area contributed by atoms with E-state index < -0.39 is 10.5 Å². The molecule has 0 radical (unpaired) electrons. The third-order valence-electron chi connectivity index (χ3n) is 3.62. The van der Waals surface area contributed by atoms with Gasteiger partial charge in [-0.2, -0.15) is 0 Å². The van der Waals surface area contributed by atoms with Crippen LogP contribution in [0.15, 0.2) is 12.1 Å². The molecule has 2 N–H and O–H groups in total. The monoisotopic (exact) mass is 296 g/mol. The highest BCUT2D eigenvalue weighted by molar-refractivity contribution is 5.61. The lowest BCUT2D eigenvalue weighted by Gasteiger charge is -2.35. The topological polar surface area (TPSA) is 101 Å². The van der Waals surface area contributed by atoms with Crippen molar-refractivity contribution in [3.05, 3.63) is 22.2 Å². The van der Waals surface area contributed by atoms with Crippen molar-refractivity contribution in [2.75, 3.05) is 44.1 Å². The summed E-state index contributed by atoms with van der Waals surface area (Å²) in [7, 11) is 3.40. The van der Waals surface area contributed by atoms with Gasteiger partial charge in [0.2, 0.25) is 5.82 Å². The Hall–Kier alpha value is -1.93. The first-order chi connectivity index (χ1) is 9.95. The summed E-state index contributed by atoms with van der Waals surface area (Å²) in [5.41, 5.74) is -0.981. The summed E-state index contributed by atoms with van der Waals surface area (Å²) in [5.74, 6) is 0.785. The molecule has 0 spiro atoms. The fourth-order valence-electron chi connectivity index (χ4n) is 2.43. The van der Waals surface area contributed by atoms with Crippen LogP contribution in [0.25, 0.3) is 0 Å². The van der Waals surface area contributed by atoms with E-state index in [9.17, 15) is 15.2 Å². The second-order valence-corrected chi connectivity index (χ2v) is 5.24. The van der Waals surface area contributed by atoms with Gasteiger partial charge < -0.3 is 20.1 Å². The van der Waals surface area contributed by atoms with E-state index in [4.69, 9.17) is 4.74 Å². The molecule has 1 aliphatic heterocycles. The van der Waals surface area contributed by atoms with Gasteiger partial charge in [-0.15, -0.1) is 0 Å². The molecule has 0 saturated carbocycles. The Morgan fingerprint density at radius 1 is 1.52 bits per heavy atom. The van der Waals surface area contributed by atoms with Gasteiger partial charge in [0.15, 0.2) is 0 Å². The van der Waals surface area contributed by atoms with Gasteiger partial charge in [-0.3, -0.25) is 10.1 Å². The van der Waals surface area contributed by atoms with Crippen molar-refractivity contribution in [1.82, 2.24) is 4.98 Å². The van der Waals surface area contributed by atoms with Crippen molar-refractivity contribution in [2.45, 2.75) is 18.4 Å². The van der Waals surface area contributed by atoms with Crippen molar-refractivity contribution in [3.63, 3.8) is 0 Å². The van der Waals surface area contributed by atoms with Gasteiger partial charge >= 0.3 is 5.69 Å². The number of nitro groups is 1. The van der Waals surface area contributed by atoms with E-state index in [0.29, 0.717) is 31.9 Å². The predicted octanol–water partition coefficient (Wildman–Crippen LogP) is 1.01. The lowest BCUT2D eigenvalue weighted by atomic mass is 9.94. The molecule has 8 nitrogen and oxygen atoms in total. The minimum absolute atomic E-state index is 0.0767. The number of hydrogen-bond donors (Lipinski definition) is 2. The predicted molar refractivity (Wildman–Crippen MR) is 78.7 cm³/mol. The minimum atomic E-state index is -0.905. The van der Waals surface area contributed by atoms with Gasteiger partial charge in [-0.25, -0.2) is 4.98 Å². The number of aromatic nitrogens is 1. The summed E-state index contributed by atoms with van der Waals surface area (Å²) in [5, 5.41) is 24.5. The Bertz CT molecular complexity index is 517. The molecular weight excluding hydrogens is 276 g/mol. The number of nitrogens with zero attached hydrogens (tertiary/aromatic N) is 3. The van der Waals surface area contributed by atoms with Gasteiger partial charge in [0.05, 0.1) is 10.5 Å². The number of hydrogen-bond acceptors (Lipinski definition) is 7. The molecule has 1 aromatic rings. The number of ether oxygens (including phenoxy) is 1. The molecule has 1 aromatic heterocycles. The Morgan fingerprint density at radius 2 is 2.19 bits per heavy atom. The first kappa shape index (κ1) is 15.5. The van der Waals surface area contributed by atoms with Crippen molar-refractivity contribution >= 4 is 17.3 Å². The largest absolute Gasteiger partial charge is 0.388 e. The van der Waals surface area contributed by atoms with Crippen molar-refractivity contribution in [2.24, 2.45) is 0 Å². The van der Waals surface area contributed by atoms with Crippen LogP contribution in [-0.4, -0.2) is 54.5 Å². The second-order valence-electron chi connectivity index (χ2n) is 5.24. The molecule has 8 heteroatoms. The van der Waals surface area contributed by atoms with Crippen LogP contribution in [-0.2, 0) is 4.74 Å². The first-order valence-electron chi connectivity index (χ1n) is 6.80. The number of anilines is 2. The number of aliphatic hydroxyl groups is 1. The SMILES string of the molecule is CNc1ccc([N+](=O)[O-])c(N(C)CC2(O)CCOCC2)n1. The summed E-state index contributed by atoms with van der Waals surface area (Å²) in [6.45, 7) is 1.27. The number of rotatable bonds is 5. The zero-order chi connectivity index (χ0) is 15.5. The minimum Gasteiger partial charge on any atom is -0.388 e. The van der Waals surface area contributed by atoms with Crippen LogP contribution in [0.5, 0.6) is 0 Å². The van der Waals surface area contributed by atoms with Crippen molar-refractivity contribution < 1.29 is 14.8 Å². The summed E-state index contributed by atoms with van der Waals surface area (Å²) in [6, 6.07) is 2.97. The third-order valence-corrected chi connectivity index (χ3v) is 3.62. The van der Waals surface area contributed by atoms with E-state index in [1.807, 2.05) is 0 Å². The molecule has 0 atom stereocenters. The average Bonchev–Trinajstić information content (AvgIpc) is 2.46. The highest BCUT2D eigenvalue weighted by Gasteiger charge is 2.33. The third kappa shape index (κ3) is 3.59. The molecule has 2 heterocycles. The van der Waals surface area contributed by atoms with E-state index in [1.165, 1.54) is 6.07 Å². The average molecular weight is 296 g/mol. The highest BCUT2D eigenvalue weighted by Crippen LogP contribution is 2.29. The van der Waals surface area contributed by atoms with Gasteiger partial charge in [0.25, 0.3) is 0 Å². The molecule has 21 heavy (non-hydrogen) atoms. The van der Waals surface area contributed by atoms with Crippen LogP contribution in [0.3, 0.4) is 0 Å². The quantitative estimate of drug-likeness (QED) is 0.617. The summed E-state index contributed by atoms with van der Waals surface area (Å²) in [6.07, 6.45) is 1.02. The van der Waals surface area contributed by atoms with Crippen LogP contribution in [0.4, 0.5) is 17.3 Å².